The van der Waals surface area contributed by atoms with E-state index in [1.807, 2.05) is 0 Å². The van der Waals surface area contributed by atoms with Gasteiger partial charge in [0.05, 0.1) is 17.4 Å². The highest BCUT2D eigenvalue weighted by Gasteiger charge is 2.28. The van der Waals surface area contributed by atoms with Crippen LogP contribution in [0.15, 0.2) is 12.3 Å². The zero-order valence-corrected chi connectivity index (χ0v) is 7.91. The molecular weight excluding hydrogens is 227 g/mol. The van der Waals surface area contributed by atoms with Crippen LogP contribution in [0.4, 0.5) is 18.9 Å². The minimum atomic E-state index is -4.48. The van der Waals surface area contributed by atoms with Gasteiger partial charge in [-0.25, -0.2) is 4.98 Å². The third-order valence-corrected chi connectivity index (χ3v) is 1.56. The predicted octanol–water partition coefficient (Wildman–Crippen LogP) is 0.704. The number of pyridine rings is 1. The molecule has 1 aromatic heterocycles. The van der Waals surface area contributed by atoms with Crippen LogP contribution < -0.4 is 16.2 Å². The average Bonchev–Trinajstić information content (AvgIpc) is 2.14. The molecule has 0 fully saturated rings. The molecule has 0 saturated heterocycles. The molecule has 1 rings (SSSR count). The summed E-state index contributed by atoms with van der Waals surface area (Å²) in [6.45, 7) is -1.50. The Kier molecular flexibility index (Phi) is 3.21. The van der Waals surface area contributed by atoms with Crippen LogP contribution in [0, 0.1) is 0 Å². The molecule has 0 saturated carbocycles. The maximum absolute atomic E-state index is 11.8. The maximum atomic E-state index is 11.8. The van der Waals surface area contributed by atoms with Gasteiger partial charge < -0.3 is 16.2 Å². The number of nitrogens with zero attached hydrogens (tertiary/aromatic N) is 1. The van der Waals surface area contributed by atoms with Crippen molar-refractivity contribution >= 4 is 11.6 Å². The number of hydrogen-bond acceptors (Lipinski definition) is 4. The lowest BCUT2D eigenvalue weighted by Gasteiger charge is -2.09. The summed E-state index contributed by atoms with van der Waals surface area (Å²) in [4.78, 5) is 14.3. The molecule has 1 aromatic rings. The van der Waals surface area contributed by atoms with Crippen molar-refractivity contribution in [1.29, 1.82) is 0 Å². The molecule has 0 aliphatic rings. The van der Waals surface area contributed by atoms with Crippen LogP contribution in [0.1, 0.15) is 10.4 Å². The van der Waals surface area contributed by atoms with Gasteiger partial charge in [0, 0.05) is 6.07 Å². The van der Waals surface area contributed by atoms with E-state index in [0.717, 1.165) is 12.3 Å². The number of primary amides is 1. The molecule has 4 N–H and O–H groups in total. The first-order chi connectivity index (χ1) is 7.29. The monoisotopic (exact) mass is 235 g/mol. The van der Waals surface area contributed by atoms with Crippen molar-refractivity contribution in [2.45, 2.75) is 6.18 Å². The summed E-state index contributed by atoms with van der Waals surface area (Å²) in [5, 5.41) is 0. The van der Waals surface area contributed by atoms with E-state index in [0.29, 0.717) is 0 Å². The molecule has 0 radical (unpaired) electrons. The van der Waals surface area contributed by atoms with Gasteiger partial charge in [-0.1, -0.05) is 0 Å². The molecule has 16 heavy (non-hydrogen) atoms. The third kappa shape index (κ3) is 3.30. The lowest BCUT2D eigenvalue weighted by molar-refractivity contribution is -0.154. The van der Waals surface area contributed by atoms with Gasteiger partial charge in [0.2, 0.25) is 5.88 Å². The highest BCUT2D eigenvalue weighted by atomic mass is 19.4. The molecule has 88 valence electrons. The van der Waals surface area contributed by atoms with Crippen LogP contribution in [-0.4, -0.2) is 23.7 Å². The topological polar surface area (TPSA) is 91.2 Å². The molecule has 0 aliphatic carbocycles. The van der Waals surface area contributed by atoms with Crippen LogP contribution in [-0.2, 0) is 0 Å². The zero-order valence-electron chi connectivity index (χ0n) is 7.91. The van der Waals surface area contributed by atoms with Gasteiger partial charge in [0.1, 0.15) is 0 Å². The second-order valence-electron chi connectivity index (χ2n) is 2.88. The Balaban J connectivity index is 2.83. The molecule has 1 amide bonds. The van der Waals surface area contributed by atoms with Crippen molar-refractivity contribution < 1.29 is 22.7 Å². The fraction of sp³-hybridized carbons (Fsp3) is 0.250. The Morgan fingerprint density at radius 2 is 2.12 bits per heavy atom. The number of carbonyl (C=O) groups excluding carboxylic acids is 1. The summed E-state index contributed by atoms with van der Waals surface area (Å²) in [5.41, 5.74) is 10.1. The summed E-state index contributed by atoms with van der Waals surface area (Å²) >= 11 is 0. The SMILES string of the molecule is NC(=O)c1cc(OCC(F)(F)F)ncc1N. The molecular formula is C8H8F3N3O2. The molecule has 0 atom stereocenters. The van der Waals surface area contributed by atoms with E-state index in [2.05, 4.69) is 9.72 Å². The minimum Gasteiger partial charge on any atom is -0.468 e. The van der Waals surface area contributed by atoms with Gasteiger partial charge in [0.25, 0.3) is 5.91 Å². The first-order valence-corrected chi connectivity index (χ1v) is 4.04. The van der Waals surface area contributed by atoms with E-state index < -0.39 is 18.7 Å². The van der Waals surface area contributed by atoms with Crippen molar-refractivity contribution in [3.8, 4) is 5.88 Å². The Hall–Kier alpha value is -1.99. The van der Waals surface area contributed by atoms with Crippen molar-refractivity contribution in [3.63, 3.8) is 0 Å². The fourth-order valence-electron chi connectivity index (χ4n) is 0.895. The number of anilines is 1. The normalized spacial score (nSPS) is 11.2. The summed E-state index contributed by atoms with van der Waals surface area (Å²) in [6.07, 6.45) is -3.47. The number of amides is 1. The molecule has 0 aromatic carbocycles. The van der Waals surface area contributed by atoms with E-state index in [9.17, 15) is 18.0 Å². The Morgan fingerprint density at radius 1 is 1.50 bits per heavy atom. The van der Waals surface area contributed by atoms with Crippen molar-refractivity contribution in [1.82, 2.24) is 4.98 Å². The molecule has 8 heteroatoms. The number of nitrogen functional groups attached to an aromatic ring is 1. The van der Waals surface area contributed by atoms with Gasteiger partial charge >= 0.3 is 6.18 Å². The van der Waals surface area contributed by atoms with Gasteiger partial charge in [0.15, 0.2) is 6.61 Å². The van der Waals surface area contributed by atoms with Crippen molar-refractivity contribution in [2.75, 3.05) is 12.3 Å². The number of rotatable bonds is 3. The van der Waals surface area contributed by atoms with E-state index in [1.165, 1.54) is 0 Å². The van der Waals surface area contributed by atoms with E-state index >= 15 is 0 Å². The van der Waals surface area contributed by atoms with Crippen LogP contribution in [0.3, 0.4) is 0 Å². The number of nitrogens with two attached hydrogens (primary N) is 2. The number of alkyl halides is 3. The predicted molar refractivity (Wildman–Crippen MR) is 48.7 cm³/mol. The molecule has 0 spiro atoms. The van der Waals surface area contributed by atoms with Gasteiger partial charge in [-0.05, 0) is 0 Å². The third-order valence-electron chi connectivity index (χ3n) is 1.56. The van der Waals surface area contributed by atoms with Gasteiger partial charge in [-0.2, -0.15) is 13.2 Å². The van der Waals surface area contributed by atoms with Crippen molar-refractivity contribution in [3.05, 3.63) is 17.8 Å². The summed E-state index contributed by atoms with van der Waals surface area (Å²) in [5.74, 6) is -1.22. The van der Waals surface area contributed by atoms with Crippen LogP contribution >= 0.6 is 0 Å². The largest absolute Gasteiger partial charge is 0.468 e. The Labute approximate surface area is 88.2 Å². The number of carbonyl (C=O) groups is 1. The van der Waals surface area contributed by atoms with E-state index in [4.69, 9.17) is 11.5 Å². The number of aromatic nitrogens is 1. The van der Waals surface area contributed by atoms with Crippen LogP contribution in [0.5, 0.6) is 5.88 Å². The molecule has 5 nitrogen and oxygen atoms in total. The molecule has 0 unspecified atom stereocenters. The first kappa shape index (κ1) is 12.1. The van der Waals surface area contributed by atoms with Crippen LogP contribution in [0.2, 0.25) is 0 Å². The summed E-state index contributed by atoms with van der Waals surface area (Å²) < 4.78 is 39.7. The highest BCUT2D eigenvalue weighted by Crippen LogP contribution is 2.19. The van der Waals surface area contributed by atoms with Gasteiger partial charge in [-0.3, -0.25) is 4.79 Å². The molecule has 0 bridgehead atoms. The first-order valence-electron chi connectivity index (χ1n) is 4.04. The van der Waals surface area contributed by atoms with E-state index in [1.54, 1.807) is 0 Å². The lowest BCUT2D eigenvalue weighted by Crippen LogP contribution is -2.20. The minimum absolute atomic E-state index is 0.0214. The number of ether oxygens (including phenoxy) is 1. The van der Waals surface area contributed by atoms with Crippen molar-refractivity contribution in [2.24, 2.45) is 5.73 Å². The highest BCUT2D eigenvalue weighted by molar-refractivity contribution is 5.97. The van der Waals surface area contributed by atoms with Crippen LogP contribution in [0.25, 0.3) is 0 Å². The lowest BCUT2D eigenvalue weighted by atomic mass is 10.2. The maximum Gasteiger partial charge on any atom is 0.422 e. The zero-order chi connectivity index (χ0) is 12.3. The number of hydrogen-bond donors (Lipinski definition) is 2. The summed E-state index contributed by atoms with van der Waals surface area (Å²) in [7, 11) is 0. The Bertz CT molecular complexity index is 406. The molecule has 0 aliphatic heterocycles. The smallest absolute Gasteiger partial charge is 0.422 e. The molecule has 1 heterocycles. The Morgan fingerprint density at radius 3 is 2.62 bits per heavy atom. The second kappa shape index (κ2) is 4.25. The summed E-state index contributed by atoms with van der Waals surface area (Å²) in [6, 6.07) is 0.962. The second-order valence-corrected chi connectivity index (χ2v) is 2.88. The average molecular weight is 235 g/mol. The standard InChI is InChI=1S/C8H8F3N3O2/c9-8(10,11)3-16-6-1-4(7(13)15)5(12)2-14-6/h1-2H,3,12H2,(H2,13,15). The number of halogens is 3. The van der Waals surface area contributed by atoms with E-state index in [-0.39, 0.29) is 17.1 Å². The fourth-order valence-corrected chi connectivity index (χ4v) is 0.895. The quantitative estimate of drug-likeness (QED) is 0.806. The van der Waals surface area contributed by atoms with Gasteiger partial charge in [-0.15, -0.1) is 0 Å².